The number of piperidine rings is 1. The van der Waals surface area contributed by atoms with Gasteiger partial charge in [-0.1, -0.05) is 20.8 Å². The molecule has 1 N–H and O–H groups in total. The van der Waals surface area contributed by atoms with Crippen molar-refractivity contribution in [1.29, 1.82) is 0 Å². The quantitative estimate of drug-likeness (QED) is 0.927. The van der Waals surface area contributed by atoms with E-state index in [4.69, 9.17) is 4.98 Å². The summed E-state index contributed by atoms with van der Waals surface area (Å²) in [5, 5.41) is 7.22. The van der Waals surface area contributed by atoms with Crippen LogP contribution in [0.2, 0.25) is 0 Å². The number of likely N-dealkylation sites (tertiary alicyclic amines) is 1. The van der Waals surface area contributed by atoms with Gasteiger partial charge in [0, 0.05) is 29.9 Å². The van der Waals surface area contributed by atoms with E-state index in [1.54, 1.807) is 0 Å². The summed E-state index contributed by atoms with van der Waals surface area (Å²) in [6.45, 7) is 11.5. The summed E-state index contributed by atoms with van der Waals surface area (Å²) in [6, 6.07) is 0.772. The van der Waals surface area contributed by atoms with Crippen LogP contribution in [0, 0.1) is 5.92 Å². The van der Waals surface area contributed by atoms with Gasteiger partial charge in [-0.25, -0.2) is 4.98 Å². The first-order chi connectivity index (χ1) is 10.0. The molecular formula is C17H29N3S. The molecule has 0 saturated carbocycles. The fourth-order valence-corrected chi connectivity index (χ4v) is 4.53. The maximum absolute atomic E-state index is 4.86. The van der Waals surface area contributed by atoms with Crippen LogP contribution < -0.4 is 5.32 Å². The molecule has 3 rings (SSSR count). The summed E-state index contributed by atoms with van der Waals surface area (Å²) in [7, 11) is 0. The lowest BCUT2D eigenvalue weighted by atomic mass is 9.90. The van der Waals surface area contributed by atoms with Gasteiger partial charge in [0.05, 0.1) is 10.7 Å². The van der Waals surface area contributed by atoms with Crippen LogP contribution in [0.1, 0.15) is 57.2 Å². The molecule has 3 heterocycles. The predicted molar refractivity (Wildman–Crippen MR) is 89.8 cm³/mol. The standard InChI is InChI=1S/C17H29N3S/c1-17(2,3)16-19-14(12-21-16)11-20-9-5-6-13(10-20)15-7-4-8-18-15/h12-13,15,18H,4-11H2,1-3H3. The molecule has 0 radical (unpaired) electrons. The van der Waals surface area contributed by atoms with Crippen LogP contribution >= 0.6 is 11.3 Å². The Bertz CT molecular complexity index is 457. The van der Waals surface area contributed by atoms with E-state index in [-0.39, 0.29) is 5.41 Å². The first kappa shape index (κ1) is 15.4. The van der Waals surface area contributed by atoms with E-state index in [1.165, 1.54) is 56.0 Å². The van der Waals surface area contributed by atoms with E-state index in [0.29, 0.717) is 0 Å². The number of rotatable bonds is 3. The molecule has 0 bridgehead atoms. The number of nitrogens with zero attached hydrogens (tertiary/aromatic N) is 2. The number of thiazole rings is 1. The van der Waals surface area contributed by atoms with Gasteiger partial charge in [0.1, 0.15) is 0 Å². The monoisotopic (exact) mass is 307 g/mol. The van der Waals surface area contributed by atoms with Gasteiger partial charge in [0.25, 0.3) is 0 Å². The van der Waals surface area contributed by atoms with Gasteiger partial charge < -0.3 is 5.32 Å². The minimum absolute atomic E-state index is 0.182. The molecule has 0 amide bonds. The average molecular weight is 308 g/mol. The van der Waals surface area contributed by atoms with Crippen molar-refractivity contribution in [2.45, 2.75) is 64.5 Å². The maximum atomic E-state index is 4.86. The lowest BCUT2D eigenvalue weighted by Crippen LogP contribution is -2.43. The van der Waals surface area contributed by atoms with Crippen molar-refractivity contribution in [3.05, 3.63) is 16.1 Å². The van der Waals surface area contributed by atoms with Gasteiger partial charge in [0.15, 0.2) is 0 Å². The van der Waals surface area contributed by atoms with Gasteiger partial charge in [-0.05, 0) is 44.7 Å². The highest BCUT2D eigenvalue weighted by atomic mass is 32.1. The lowest BCUT2D eigenvalue weighted by Gasteiger charge is -2.35. The molecule has 2 atom stereocenters. The first-order valence-electron chi connectivity index (χ1n) is 8.43. The molecule has 1 aromatic heterocycles. The van der Waals surface area contributed by atoms with Crippen LogP contribution in [-0.2, 0) is 12.0 Å². The Morgan fingerprint density at radius 3 is 2.86 bits per heavy atom. The molecule has 2 aliphatic heterocycles. The van der Waals surface area contributed by atoms with Gasteiger partial charge in [-0.3, -0.25) is 4.90 Å². The SMILES string of the molecule is CC(C)(C)c1nc(CN2CCCC(C3CCCN3)C2)cs1. The van der Waals surface area contributed by atoms with Crippen molar-refractivity contribution in [2.75, 3.05) is 19.6 Å². The van der Waals surface area contributed by atoms with Crippen LogP contribution in [-0.4, -0.2) is 35.6 Å². The van der Waals surface area contributed by atoms with Gasteiger partial charge in [0.2, 0.25) is 0 Å². The Balaban J connectivity index is 1.58. The fourth-order valence-electron chi connectivity index (χ4n) is 3.63. The molecule has 0 spiro atoms. The molecular weight excluding hydrogens is 278 g/mol. The zero-order chi connectivity index (χ0) is 14.9. The van der Waals surface area contributed by atoms with Crippen molar-refractivity contribution in [2.24, 2.45) is 5.92 Å². The third-order valence-electron chi connectivity index (χ3n) is 4.79. The summed E-state index contributed by atoms with van der Waals surface area (Å²) >= 11 is 1.82. The zero-order valence-electron chi connectivity index (χ0n) is 13.7. The van der Waals surface area contributed by atoms with Gasteiger partial charge in [-0.2, -0.15) is 0 Å². The molecule has 3 nitrogen and oxygen atoms in total. The molecule has 4 heteroatoms. The van der Waals surface area contributed by atoms with E-state index in [2.05, 4.69) is 36.4 Å². The van der Waals surface area contributed by atoms with Crippen molar-refractivity contribution in [1.82, 2.24) is 15.2 Å². The highest BCUT2D eigenvalue weighted by Crippen LogP contribution is 2.28. The Kier molecular flexibility index (Phi) is 4.67. The maximum Gasteiger partial charge on any atom is 0.0982 e. The Labute approximate surface area is 133 Å². The fraction of sp³-hybridized carbons (Fsp3) is 0.824. The largest absolute Gasteiger partial charge is 0.314 e. The van der Waals surface area contributed by atoms with E-state index in [1.807, 2.05) is 11.3 Å². The predicted octanol–water partition coefficient (Wildman–Crippen LogP) is 3.40. The first-order valence-corrected chi connectivity index (χ1v) is 9.31. The highest BCUT2D eigenvalue weighted by Gasteiger charge is 2.29. The van der Waals surface area contributed by atoms with Crippen LogP contribution in [0.15, 0.2) is 5.38 Å². The molecule has 118 valence electrons. The zero-order valence-corrected chi connectivity index (χ0v) is 14.5. The third-order valence-corrected chi connectivity index (χ3v) is 6.11. The molecule has 21 heavy (non-hydrogen) atoms. The molecule has 1 aromatic rings. The lowest BCUT2D eigenvalue weighted by molar-refractivity contribution is 0.144. The van der Waals surface area contributed by atoms with Crippen molar-refractivity contribution in [3.8, 4) is 0 Å². The van der Waals surface area contributed by atoms with Crippen LogP contribution in [0.3, 0.4) is 0 Å². The summed E-state index contributed by atoms with van der Waals surface area (Å²) < 4.78 is 0. The smallest absolute Gasteiger partial charge is 0.0982 e. The number of nitrogens with one attached hydrogen (secondary N) is 1. The molecule has 0 aliphatic carbocycles. The Morgan fingerprint density at radius 1 is 1.33 bits per heavy atom. The molecule has 2 saturated heterocycles. The summed E-state index contributed by atoms with van der Waals surface area (Å²) in [6.07, 6.45) is 5.49. The molecule has 2 aliphatic rings. The van der Waals surface area contributed by atoms with Crippen LogP contribution in [0.4, 0.5) is 0 Å². The Hall–Kier alpha value is -0.450. The normalized spacial score (nSPS) is 28.1. The minimum Gasteiger partial charge on any atom is -0.314 e. The second-order valence-corrected chi connectivity index (χ2v) is 8.59. The van der Waals surface area contributed by atoms with E-state index < -0.39 is 0 Å². The molecule has 0 aromatic carbocycles. The van der Waals surface area contributed by atoms with E-state index in [0.717, 1.165) is 18.5 Å². The molecule has 2 fully saturated rings. The van der Waals surface area contributed by atoms with Crippen molar-refractivity contribution < 1.29 is 0 Å². The van der Waals surface area contributed by atoms with Crippen LogP contribution in [0.25, 0.3) is 0 Å². The topological polar surface area (TPSA) is 28.2 Å². The highest BCUT2D eigenvalue weighted by molar-refractivity contribution is 7.09. The van der Waals surface area contributed by atoms with E-state index >= 15 is 0 Å². The van der Waals surface area contributed by atoms with Gasteiger partial charge >= 0.3 is 0 Å². The summed E-state index contributed by atoms with van der Waals surface area (Å²) in [5.41, 5.74) is 1.45. The van der Waals surface area contributed by atoms with Gasteiger partial charge in [-0.15, -0.1) is 11.3 Å². The number of aromatic nitrogens is 1. The van der Waals surface area contributed by atoms with Crippen molar-refractivity contribution in [3.63, 3.8) is 0 Å². The second-order valence-electron chi connectivity index (χ2n) is 7.73. The summed E-state index contributed by atoms with van der Waals surface area (Å²) in [4.78, 5) is 7.48. The summed E-state index contributed by atoms with van der Waals surface area (Å²) in [5.74, 6) is 0.849. The average Bonchev–Trinajstić information content (AvgIpc) is 3.09. The number of hydrogen-bond acceptors (Lipinski definition) is 4. The number of hydrogen-bond donors (Lipinski definition) is 1. The van der Waals surface area contributed by atoms with Crippen molar-refractivity contribution >= 4 is 11.3 Å². The molecule has 2 unspecified atom stereocenters. The third kappa shape index (κ3) is 3.85. The minimum atomic E-state index is 0.182. The Morgan fingerprint density at radius 2 is 2.19 bits per heavy atom. The van der Waals surface area contributed by atoms with Crippen LogP contribution in [0.5, 0.6) is 0 Å². The van der Waals surface area contributed by atoms with E-state index in [9.17, 15) is 0 Å². The second kappa shape index (κ2) is 6.35.